The Morgan fingerprint density at radius 1 is 1.32 bits per heavy atom. The molecule has 1 aromatic heterocycles. The fourth-order valence-electron chi connectivity index (χ4n) is 2.97. The van der Waals surface area contributed by atoms with E-state index in [9.17, 15) is 4.79 Å². The van der Waals surface area contributed by atoms with Crippen molar-refractivity contribution in [3.63, 3.8) is 0 Å². The first kappa shape index (κ1) is 14.9. The third-order valence-corrected chi connectivity index (χ3v) is 4.46. The number of piperidine rings is 1. The van der Waals surface area contributed by atoms with E-state index in [1.54, 1.807) is 4.68 Å². The molecule has 5 heteroatoms. The molecule has 1 saturated heterocycles. The number of nitrogens with zero attached hydrogens (tertiary/aromatic N) is 3. The van der Waals surface area contributed by atoms with Crippen LogP contribution in [-0.4, -0.2) is 39.8 Å². The van der Waals surface area contributed by atoms with E-state index < -0.39 is 6.10 Å². The molecule has 3 rings (SSSR count). The third kappa shape index (κ3) is 2.80. The van der Waals surface area contributed by atoms with Crippen molar-refractivity contribution in [2.45, 2.75) is 32.8 Å². The molecule has 1 aliphatic heterocycles. The molecule has 0 saturated carbocycles. The van der Waals surface area contributed by atoms with Crippen LogP contribution in [0.25, 0.3) is 10.9 Å². The first-order chi connectivity index (χ1) is 10.6. The molecule has 0 aliphatic carbocycles. The second kappa shape index (κ2) is 5.99. The molecule has 2 heterocycles. The number of para-hydroxylation sites is 1. The smallest absolute Gasteiger partial charge is 0.263 e. The Morgan fingerprint density at radius 3 is 2.73 bits per heavy atom. The highest BCUT2D eigenvalue weighted by Gasteiger charge is 2.26. The number of benzene rings is 1. The molecule has 0 radical (unpaired) electrons. The van der Waals surface area contributed by atoms with Gasteiger partial charge in [0.15, 0.2) is 6.10 Å². The van der Waals surface area contributed by atoms with Crippen LogP contribution in [0, 0.1) is 5.92 Å². The number of amides is 1. The molecule has 22 heavy (non-hydrogen) atoms. The molecule has 1 amide bonds. The lowest BCUT2D eigenvalue weighted by atomic mass is 9.99. The van der Waals surface area contributed by atoms with Crippen molar-refractivity contribution in [2.75, 3.05) is 13.1 Å². The highest BCUT2D eigenvalue weighted by Crippen LogP contribution is 2.25. The van der Waals surface area contributed by atoms with E-state index >= 15 is 0 Å². The van der Waals surface area contributed by atoms with E-state index in [2.05, 4.69) is 12.0 Å². The normalized spacial score (nSPS) is 17.7. The van der Waals surface area contributed by atoms with Crippen LogP contribution in [-0.2, 0) is 11.8 Å². The number of hydrogen-bond acceptors (Lipinski definition) is 3. The van der Waals surface area contributed by atoms with E-state index in [4.69, 9.17) is 4.74 Å². The van der Waals surface area contributed by atoms with Crippen LogP contribution in [0.2, 0.25) is 0 Å². The summed E-state index contributed by atoms with van der Waals surface area (Å²) in [6.45, 7) is 5.71. The highest BCUT2D eigenvalue weighted by atomic mass is 16.5. The molecule has 5 nitrogen and oxygen atoms in total. The summed E-state index contributed by atoms with van der Waals surface area (Å²) in [6, 6.07) is 7.89. The van der Waals surface area contributed by atoms with Gasteiger partial charge in [-0.3, -0.25) is 9.48 Å². The standard InChI is InChI=1S/C17H23N3O2/c1-12-8-10-20(11-9-12)17(21)13(2)22-16-14-6-4-5-7-15(14)19(3)18-16/h4-7,12-13H,8-11H2,1-3H3. The zero-order valence-corrected chi connectivity index (χ0v) is 13.5. The van der Waals surface area contributed by atoms with Crippen molar-refractivity contribution in [3.05, 3.63) is 24.3 Å². The summed E-state index contributed by atoms with van der Waals surface area (Å²) < 4.78 is 7.65. The molecule has 0 N–H and O–H groups in total. The Hall–Kier alpha value is -2.04. The van der Waals surface area contributed by atoms with Crippen molar-refractivity contribution in [1.29, 1.82) is 0 Å². The molecule has 2 aromatic rings. The van der Waals surface area contributed by atoms with Gasteiger partial charge in [-0.2, -0.15) is 0 Å². The van der Waals surface area contributed by atoms with Crippen LogP contribution in [0.1, 0.15) is 26.7 Å². The van der Waals surface area contributed by atoms with Gasteiger partial charge in [0.2, 0.25) is 5.88 Å². The number of aryl methyl sites for hydroxylation is 1. The molecule has 118 valence electrons. The summed E-state index contributed by atoms with van der Waals surface area (Å²) in [5.41, 5.74) is 1.00. The van der Waals surface area contributed by atoms with Crippen LogP contribution in [0.15, 0.2) is 24.3 Å². The van der Waals surface area contributed by atoms with Crippen molar-refractivity contribution in [1.82, 2.24) is 14.7 Å². The largest absolute Gasteiger partial charge is 0.463 e. The van der Waals surface area contributed by atoms with Crippen LogP contribution < -0.4 is 4.74 Å². The molecular formula is C17H23N3O2. The molecule has 0 spiro atoms. The second-order valence-electron chi connectivity index (χ2n) is 6.21. The average molecular weight is 301 g/mol. The predicted octanol–water partition coefficient (Wildman–Crippen LogP) is 2.60. The van der Waals surface area contributed by atoms with Crippen molar-refractivity contribution in [3.8, 4) is 5.88 Å². The van der Waals surface area contributed by atoms with Crippen LogP contribution in [0.5, 0.6) is 5.88 Å². The van der Waals surface area contributed by atoms with Gasteiger partial charge in [-0.25, -0.2) is 0 Å². The average Bonchev–Trinajstić information content (AvgIpc) is 2.84. The maximum atomic E-state index is 12.5. The van der Waals surface area contributed by atoms with Crippen LogP contribution >= 0.6 is 0 Å². The Labute approximate surface area is 130 Å². The van der Waals surface area contributed by atoms with Gasteiger partial charge in [0, 0.05) is 20.1 Å². The number of carbonyl (C=O) groups excluding carboxylic acids is 1. The van der Waals surface area contributed by atoms with Crippen molar-refractivity contribution >= 4 is 16.8 Å². The summed E-state index contributed by atoms with van der Waals surface area (Å²) in [6.07, 6.45) is 1.64. The highest BCUT2D eigenvalue weighted by molar-refractivity contribution is 5.86. The zero-order chi connectivity index (χ0) is 15.7. The Bertz CT molecular complexity index is 672. The predicted molar refractivity (Wildman–Crippen MR) is 85.8 cm³/mol. The Morgan fingerprint density at radius 2 is 2.00 bits per heavy atom. The maximum Gasteiger partial charge on any atom is 0.263 e. The van der Waals surface area contributed by atoms with Gasteiger partial charge >= 0.3 is 0 Å². The molecule has 1 aliphatic rings. The van der Waals surface area contributed by atoms with Gasteiger partial charge in [0.1, 0.15) is 0 Å². The van der Waals surface area contributed by atoms with Gasteiger partial charge < -0.3 is 9.64 Å². The number of aromatic nitrogens is 2. The summed E-state index contributed by atoms with van der Waals surface area (Å²) in [7, 11) is 1.88. The minimum absolute atomic E-state index is 0.0571. The third-order valence-electron chi connectivity index (χ3n) is 4.46. The number of rotatable bonds is 3. The van der Waals surface area contributed by atoms with E-state index in [1.807, 2.05) is 43.1 Å². The van der Waals surface area contributed by atoms with Crippen LogP contribution in [0.3, 0.4) is 0 Å². The first-order valence-corrected chi connectivity index (χ1v) is 7.93. The van der Waals surface area contributed by atoms with E-state index in [0.29, 0.717) is 11.8 Å². The molecule has 1 aromatic carbocycles. The maximum absolute atomic E-state index is 12.5. The van der Waals surface area contributed by atoms with Crippen molar-refractivity contribution < 1.29 is 9.53 Å². The van der Waals surface area contributed by atoms with Crippen molar-refractivity contribution in [2.24, 2.45) is 13.0 Å². The van der Waals surface area contributed by atoms with E-state index in [0.717, 1.165) is 36.8 Å². The topological polar surface area (TPSA) is 47.4 Å². The summed E-state index contributed by atoms with van der Waals surface area (Å²) in [4.78, 5) is 14.4. The lowest BCUT2D eigenvalue weighted by Crippen LogP contribution is -2.44. The van der Waals surface area contributed by atoms with Gasteiger partial charge in [0.05, 0.1) is 10.9 Å². The van der Waals surface area contributed by atoms with E-state index in [-0.39, 0.29) is 5.91 Å². The quantitative estimate of drug-likeness (QED) is 0.875. The van der Waals surface area contributed by atoms with Gasteiger partial charge in [-0.15, -0.1) is 5.10 Å². The minimum atomic E-state index is -0.508. The summed E-state index contributed by atoms with van der Waals surface area (Å²) in [5, 5.41) is 5.33. The molecular weight excluding hydrogens is 278 g/mol. The number of fused-ring (bicyclic) bond motifs is 1. The summed E-state index contributed by atoms with van der Waals surface area (Å²) in [5.74, 6) is 1.30. The minimum Gasteiger partial charge on any atom is -0.463 e. The van der Waals surface area contributed by atoms with Gasteiger partial charge in [-0.05, 0) is 37.8 Å². The number of hydrogen-bond donors (Lipinski definition) is 0. The van der Waals surface area contributed by atoms with Gasteiger partial charge in [0.25, 0.3) is 5.91 Å². The Kier molecular flexibility index (Phi) is 4.05. The lowest BCUT2D eigenvalue weighted by Gasteiger charge is -2.31. The first-order valence-electron chi connectivity index (χ1n) is 7.93. The molecule has 1 unspecified atom stereocenters. The van der Waals surface area contributed by atoms with Gasteiger partial charge in [-0.1, -0.05) is 19.1 Å². The monoisotopic (exact) mass is 301 g/mol. The fourth-order valence-corrected chi connectivity index (χ4v) is 2.97. The molecule has 0 bridgehead atoms. The lowest BCUT2D eigenvalue weighted by molar-refractivity contribution is -0.139. The SMILES string of the molecule is CC1CCN(C(=O)C(C)Oc2nn(C)c3ccccc23)CC1. The molecule has 1 fully saturated rings. The number of likely N-dealkylation sites (tertiary alicyclic amines) is 1. The van der Waals surface area contributed by atoms with Crippen LogP contribution in [0.4, 0.5) is 0 Å². The summed E-state index contributed by atoms with van der Waals surface area (Å²) >= 11 is 0. The Balaban J connectivity index is 1.73. The number of ether oxygens (including phenoxy) is 1. The van der Waals surface area contributed by atoms with E-state index in [1.165, 1.54) is 0 Å². The number of carbonyl (C=O) groups is 1. The zero-order valence-electron chi connectivity index (χ0n) is 13.5. The molecule has 1 atom stereocenters. The fraction of sp³-hybridized carbons (Fsp3) is 0.529. The second-order valence-corrected chi connectivity index (χ2v) is 6.21.